The van der Waals surface area contributed by atoms with Gasteiger partial charge < -0.3 is 4.84 Å². The number of thiophene rings is 1. The van der Waals surface area contributed by atoms with Crippen LogP contribution in [0, 0.1) is 11.3 Å². The van der Waals surface area contributed by atoms with Gasteiger partial charge in [-0.25, -0.2) is 5.01 Å². The van der Waals surface area contributed by atoms with Gasteiger partial charge >= 0.3 is 0 Å². The van der Waals surface area contributed by atoms with Crippen molar-refractivity contribution in [3.63, 3.8) is 0 Å². The lowest BCUT2D eigenvalue weighted by Gasteiger charge is -2.07. The zero-order valence-corrected chi connectivity index (χ0v) is 12.2. The highest BCUT2D eigenvalue weighted by Gasteiger charge is 2.29. The predicted molar refractivity (Wildman–Crippen MR) is 76.6 cm³/mol. The largest absolute Gasteiger partial charge is 0.389 e. The first-order chi connectivity index (χ1) is 9.61. The Kier molecular flexibility index (Phi) is 4.71. The van der Waals surface area contributed by atoms with Gasteiger partial charge in [-0.15, -0.1) is 11.3 Å². The summed E-state index contributed by atoms with van der Waals surface area (Å²) in [7, 11) is 0. The Labute approximate surface area is 124 Å². The van der Waals surface area contributed by atoms with Crippen molar-refractivity contribution < 1.29 is 9.63 Å². The Morgan fingerprint density at radius 2 is 2.40 bits per heavy atom. The summed E-state index contributed by atoms with van der Waals surface area (Å²) in [6.45, 7) is 2.18. The van der Waals surface area contributed by atoms with E-state index < -0.39 is 0 Å². The average Bonchev–Trinajstić information content (AvgIpc) is 2.94. The molecule has 1 aromatic rings. The molecule has 0 atom stereocenters. The van der Waals surface area contributed by atoms with Crippen LogP contribution < -0.4 is 0 Å². The minimum Gasteiger partial charge on any atom is -0.389 e. The SMILES string of the molecule is CC1=NN(CCC#N)C(=O)C1=NOCc1ccc(Cl)s1. The second-order valence-electron chi connectivity index (χ2n) is 3.94. The smallest absolute Gasteiger partial charge is 0.297 e. The van der Waals surface area contributed by atoms with Gasteiger partial charge in [0.2, 0.25) is 0 Å². The molecule has 0 radical (unpaired) electrons. The van der Waals surface area contributed by atoms with Gasteiger partial charge in [0.1, 0.15) is 0 Å². The van der Waals surface area contributed by atoms with Gasteiger partial charge in [-0.1, -0.05) is 16.8 Å². The number of halogens is 1. The molecule has 0 unspecified atom stereocenters. The lowest BCUT2D eigenvalue weighted by atomic mass is 10.2. The van der Waals surface area contributed by atoms with Gasteiger partial charge in [0.15, 0.2) is 12.3 Å². The zero-order valence-electron chi connectivity index (χ0n) is 10.7. The fourth-order valence-electron chi connectivity index (χ4n) is 1.55. The molecule has 1 aliphatic heterocycles. The highest BCUT2D eigenvalue weighted by molar-refractivity contribution is 7.16. The molecule has 6 nitrogen and oxygen atoms in total. The van der Waals surface area contributed by atoms with E-state index in [2.05, 4.69) is 10.3 Å². The van der Waals surface area contributed by atoms with Gasteiger partial charge in [0, 0.05) is 4.88 Å². The van der Waals surface area contributed by atoms with Crippen molar-refractivity contribution in [3.05, 3.63) is 21.3 Å². The number of rotatable bonds is 5. The molecule has 0 aliphatic carbocycles. The number of hydrogen-bond acceptors (Lipinski definition) is 6. The molecule has 2 heterocycles. The van der Waals surface area contributed by atoms with Crippen molar-refractivity contribution in [2.45, 2.75) is 20.0 Å². The highest BCUT2D eigenvalue weighted by atomic mass is 35.5. The number of hydrogen-bond donors (Lipinski definition) is 0. The maximum Gasteiger partial charge on any atom is 0.297 e. The van der Waals surface area contributed by atoms with Crippen LogP contribution >= 0.6 is 22.9 Å². The zero-order chi connectivity index (χ0) is 14.5. The van der Waals surface area contributed by atoms with Crippen LogP contribution in [-0.2, 0) is 16.2 Å². The maximum atomic E-state index is 11.9. The Balaban J connectivity index is 1.95. The second kappa shape index (κ2) is 6.50. The Morgan fingerprint density at radius 3 is 3.05 bits per heavy atom. The normalized spacial score (nSPS) is 16.4. The predicted octanol–water partition coefficient (Wildman–Crippen LogP) is 2.41. The van der Waals surface area contributed by atoms with Gasteiger partial charge in [-0.3, -0.25) is 4.79 Å². The molecule has 0 bridgehead atoms. The molecular formula is C12H11ClN4O2S. The van der Waals surface area contributed by atoms with E-state index in [0.29, 0.717) is 10.0 Å². The molecule has 104 valence electrons. The standard InChI is InChI=1S/C12H11ClN4O2S/c1-8-11(12(18)17(15-8)6-2-5-14)16-19-7-9-3-4-10(13)20-9/h3-4H,2,6-7H2,1H3. The van der Waals surface area contributed by atoms with Crippen LogP contribution in [-0.4, -0.2) is 28.9 Å². The average molecular weight is 311 g/mol. The molecule has 0 saturated heterocycles. The molecule has 1 aliphatic rings. The fourth-order valence-corrected chi connectivity index (χ4v) is 2.55. The summed E-state index contributed by atoms with van der Waals surface area (Å²) < 4.78 is 0.675. The number of nitrogens with zero attached hydrogens (tertiary/aromatic N) is 4. The van der Waals surface area contributed by atoms with Crippen molar-refractivity contribution in [2.24, 2.45) is 10.3 Å². The number of carbonyl (C=O) groups is 1. The van der Waals surface area contributed by atoms with Crippen molar-refractivity contribution >= 4 is 40.3 Å². The van der Waals surface area contributed by atoms with Gasteiger partial charge in [-0.05, 0) is 19.1 Å². The number of nitriles is 1. The monoisotopic (exact) mass is 310 g/mol. The molecule has 20 heavy (non-hydrogen) atoms. The maximum absolute atomic E-state index is 11.9. The summed E-state index contributed by atoms with van der Waals surface area (Å²) in [6.07, 6.45) is 0.227. The quantitative estimate of drug-likeness (QED) is 0.783. The first-order valence-electron chi connectivity index (χ1n) is 5.80. The number of amides is 1. The fraction of sp³-hybridized carbons (Fsp3) is 0.333. The van der Waals surface area contributed by atoms with Crippen LogP contribution in [0.15, 0.2) is 22.4 Å². The Bertz CT molecular complexity index is 617. The summed E-state index contributed by atoms with van der Waals surface area (Å²) >= 11 is 7.19. The van der Waals surface area contributed by atoms with Gasteiger partial charge in [0.05, 0.1) is 29.1 Å². The summed E-state index contributed by atoms with van der Waals surface area (Å²) in [5.41, 5.74) is 0.655. The first kappa shape index (κ1) is 14.5. The molecule has 0 spiro atoms. The van der Waals surface area contributed by atoms with E-state index in [9.17, 15) is 4.79 Å². The van der Waals surface area contributed by atoms with Crippen molar-refractivity contribution in [2.75, 3.05) is 6.54 Å². The molecule has 0 fully saturated rings. The van der Waals surface area contributed by atoms with Crippen LogP contribution in [0.3, 0.4) is 0 Å². The van der Waals surface area contributed by atoms with Crippen LogP contribution in [0.1, 0.15) is 18.2 Å². The van der Waals surface area contributed by atoms with E-state index in [0.717, 1.165) is 4.88 Å². The molecule has 1 amide bonds. The van der Waals surface area contributed by atoms with Gasteiger partial charge in [-0.2, -0.15) is 10.4 Å². The first-order valence-corrected chi connectivity index (χ1v) is 7.00. The van der Waals surface area contributed by atoms with Crippen LogP contribution in [0.2, 0.25) is 4.34 Å². The van der Waals surface area contributed by atoms with Crippen LogP contribution in [0.5, 0.6) is 0 Å². The van der Waals surface area contributed by atoms with E-state index in [-0.39, 0.29) is 31.2 Å². The molecule has 2 rings (SSSR count). The van der Waals surface area contributed by atoms with E-state index in [4.69, 9.17) is 21.7 Å². The summed E-state index contributed by atoms with van der Waals surface area (Å²) in [4.78, 5) is 18.0. The van der Waals surface area contributed by atoms with Crippen LogP contribution in [0.4, 0.5) is 0 Å². The summed E-state index contributed by atoms with van der Waals surface area (Å²) in [5.74, 6) is -0.345. The third kappa shape index (κ3) is 3.35. The van der Waals surface area contributed by atoms with E-state index in [1.807, 2.05) is 12.1 Å². The van der Waals surface area contributed by atoms with E-state index in [1.54, 1.807) is 13.0 Å². The van der Waals surface area contributed by atoms with Crippen molar-refractivity contribution in [3.8, 4) is 6.07 Å². The molecule has 1 aromatic heterocycles. The number of oxime groups is 1. The minimum absolute atomic E-state index is 0.172. The highest BCUT2D eigenvalue weighted by Crippen LogP contribution is 2.22. The molecule has 8 heteroatoms. The molecule has 0 aromatic carbocycles. The molecule has 0 N–H and O–H groups in total. The summed E-state index contributed by atoms with van der Waals surface area (Å²) in [5, 5.41) is 17.6. The number of carbonyl (C=O) groups excluding carboxylic acids is 1. The third-order valence-corrected chi connectivity index (χ3v) is 3.68. The number of hydrazone groups is 1. The Morgan fingerprint density at radius 1 is 1.60 bits per heavy atom. The van der Waals surface area contributed by atoms with Crippen LogP contribution in [0.25, 0.3) is 0 Å². The topological polar surface area (TPSA) is 78.0 Å². The summed E-state index contributed by atoms with van der Waals surface area (Å²) in [6, 6.07) is 5.58. The lowest BCUT2D eigenvalue weighted by molar-refractivity contribution is -0.123. The van der Waals surface area contributed by atoms with E-state index >= 15 is 0 Å². The van der Waals surface area contributed by atoms with Crippen molar-refractivity contribution in [1.29, 1.82) is 5.26 Å². The molecular weight excluding hydrogens is 300 g/mol. The van der Waals surface area contributed by atoms with Gasteiger partial charge in [0.25, 0.3) is 5.91 Å². The third-order valence-electron chi connectivity index (χ3n) is 2.48. The minimum atomic E-state index is -0.345. The van der Waals surface area contributed by atoms with E-state index in [1.165, 1.54) is 16.3 Å². The molecule has 0 saturated carbocycles. The second-order valence-corrected chi connectivity index (χ2v) is 5.74. The Hall–Kier alpha value is -1.91. The van der Waals surface area contributed by atoms with Crippen molar-refractivity contribution in [1.82, 2.24) is 5.01 Å². The lowest BCUT2D eigenvalue weighted by Crippen LogP contribution is -2.28.